The van der Waals surface area contributed by atoms with Crippen LogP contribution in [-0.4, -0.2) is 28.6 Å². The molecule has 0 amide bonds. The van der Waals surface area contributed by atoms with Crippen LogP contribution in [-0.2, 0) is 5.41 Å². The summed E-state index contributed by atoms with van der Waals surface area (Å²) in [6, 6.07) is 3.95. The highest BCUT2D eigenvalue weighted by Gasteiger charge is 2.23. The molecule has 1 aliphatic carbocycles. The van der Waals surface area contributed by atoms with E-state index in [0.29, 0.717) is 5.75 Å². The van der Waals surface area contributed by atoms with E-state index < -0.39 is 0 Å². The van der Waals surface area contributed by atoms with Gasteiger partial charge in [0.25, 0.3) is 0 Å². The zero-order chi connectivity index (χ0) is 15.6. The Kier molecular flexibility index (Phi) is 4.72. The van der Waals surface area contributed by atoms with Crippen molar-refractivity contribution in [3.63, 3.8) is 0 Å². The van der Waals surface area contributed by atoms with Crippen LogP contribution < -0.4 is 0 Å². The highest BCUT2D eigenvalue weighted by Crippen LogP contribution is 2.34. The van der Waals surface area contributed by atoms with Gasteiger partial charge in [0.1, 0.15) is 5.75 Å². The van der Waals surface area contributed by atoms with Gasteiger partial charge in [0.05, 0.1) is 12.1 Å². The summed E-state index contributed by atoms with van der Waals surface area (Å²) in [5.74, 6) is 0.308. The summed E-state index contributed by atoms with van der Waals surface area (Å²) in [4.78, 5) is 4.52. The van der Waals surface area contributed by atoms with Gasteiger partial charge in [-0.2, -0.15) is 0 Å². The third-order valence-electron chi connectivity index (χ3n) is 4.19. The zero-order valence-electron chi connectivity index (χ0n) is 13.6. The Hall–Kier alpha value is -1.35. The number of phenolic OH excluding ortho intramolecular Hbond substituents is 1. The van der Waals surface area contributed by atoms with Crippen molar-refractivity contribution in [1.29, 1.82) is 0 Å². The molecule has 116 valence electrons. The zero-order valence-corrected chi connectivity index (χ0v) is 13.6. The molecule has 1 saturated carbocycles. The van der Waals surface area contributed by atoms with Crippen LogP contribution in [0.4, 0.5) is 0 Å². The molecule has 0 saturated heterocycles. The molecule has 21 heavy (non-hydrogen) atoms. The largest absolute Gasteiger partial charge is 0.507 e. The lowest BCUT2D eigenvalue weighted by atomic mass is 9.84. The Morgan fingerprint density at radius 3 is 2.48 bits per heavy atom. The van der Waals surface area contributed by atoms with Gasteiger partial charge >= 0.3 is 0 Å². The molecule has 0 spiro atoms. The van der Waals surface area contributed by atoms with E-state index in [1.54, 1.807) is 6.21 Å². The lowest BCUT2D eigenvalue weighted by molar-refractivity contribution is 0.110. The fourth-order valence-corrected chi connectivity index (χ4v) is 2.92. The van der Waals surface area contributed by atoms with E-state index in [2.05, 4.69) is 25.8 Å². The number of aliphatic hydroxyl groups excluding tert-OH is 1. The quantitative estimate of drug-likeness (QED) is 0.815. The molecule has 3 heteroatoms. The molecule has 0 heterocycles. The summed E-state index contributed by atoms with van der Waals surface area (Å²) in [6.07, 6.45) is 5.34. The Morgan fingerprint density at radius 1 is 1.19 bits per heavy atom. The molecule has 2 rings (SSSR count). The summed E-state index contributed by atoms with van der Waals surface area (Å²) in [7, 11) is 0. The van der Waals surface area contributed by atoms with Gasteiger partial charge in [0.15, 0.2) is 0 Å². The van der Waals surface area contributed by atoms with Crippen LogP contribution in [0.2, 0.25) is 0 Å². The fraction of sp³-hybridized carbons (Fsp3) is 0.611. The number of hydrogen-bond donors (Lipinski definition) is 2. The van der Waals surface area contributed by atoms with Crippen molar-refractivity contribution in [1.82, 2.24) is 0 Å². The first-order valence-corrected chi connectivity index (χ1v) is 7.84. The summed E-state index contributed by atoms with van der Waals surface area (Å²) in [6.45, 7) is 8.30. The van der Waals surface area contributed by atoms with Gasteiger partial charge in [-0.1, -0.05) is 39.7 Å². The van der Waals surface area contributed by atoms with Crippen molar-refractivity contribution in [3.05, 3.63) is 28.8 Å². The van der Waals surface area contributed by atoms with Gasteiger partial charge in [-0.15, -0.1) is 0 Å². The number of phenols is 1. The van der Waals surface area contributed by atoms with Crippen molar-refractivity contribution in [2.45, 2.75) is 70.9 Å². The molecule has 2 atom stereocenters. The Bertz CT molecular complexity index is 529. The Labute approximate surface area is 127 Å². The monoisotopic (exact) mass is 289 g/mol. The number of aliphatic imine (C=N–C) groups is 1. The van der Waals surface area contributed by atoms with Crippen LogP contribution in [0.15, 0.2) is 17.1 Å². The second-order valence-corrected chi connectivity index (χ2v) is 7.20. The topological polar surface area (TPSA) is 52.8 Å². The average molecular weight is 289 g/mol. The van der Waals surface area contributed by atoms with E-state index in [-0.39, 0.29) is 17.6 Å². The maximum atomic E-state index is 10.5. The van der Waals surface area contributed by atoms with Crippen LogP contribution in [0.1, 0.15) is 63.1 Å². The van der Waals surface area contributed by atoms with Gasteiger partial charge in [0.2, 0.25) is 0 Å². The lowest BCUT2D eigenvalue weighted by Gasteiger charge is -2.24. The number of aryl methyl sites for hydroxylation is 1. The highest BCUT2D eigenvalue weighted by atomic mass is 16.3. The van der Waals surface area contributed by atoms with Crippen LogP contribution in [0.3, 0.4) is 0 Å². The van der Waals surface area contributed by atoms with Crippen molar-refractivity contribution >= 4 is 6.21 Å². The molecule has 0 aromatic heterocycles. The number of benzene rings is 1. The predicted octanol–water partition coefficient (Wildman–Crippen LogP) is 3.72. The Morgan fingerprint density at radius 2 is 1.86 bits per heavy atom. The van der Waals surface area contributed by atoms with E-state index in [0.717, 1.165) is 42.4 Å². The van der Waals surface area contributed by atoms with Gasteiger partial charge in [0, 0.05) is 17.3 Å². The van der Waals surface area contributed by atoms with Gasteiger partial charge in [-0.25, -0.2) is 0 Å². The summed E-state index contributed by atoms with van der Waals surface area (Å²) < 4.78 is 0. The van der Waals surface area contributed by atoms with Crippen molar-refractivity contribution in [3.8, 4) is 5.75 Å². The average Bonchev–Trinajstić information content (AvgIpc) is 2.39. The molecule has 1 aromatic rings. The normalized spacial score (nSPS) is 23.7. The molecule has 0 aliphatic heterocycles. The maximum absolute atomic E-state index is 10.5. The first-order chi connectivity index (χ1) is 9.79. The maximum Gasteiger partial charge on any atom is 0.128 e. The smallest absolute Gasteiger partial charge is 0.128 e. The second-order valence-electron chi connectivity index (χ2n) is 7.20. The third kappa shape index (κ3) is 3.85. The molecule has 1 aliphatic rings. The molecule has 0 bridgehead atoms. The molecule has 1 fully saturated rings. The van der Waals surface area contributed by atoms with Crippen LogP contribution in [0.5, 0.6) is 5.75 Å². The first kappa shape index (κ1) is 16.0. The molecule has 3 nitrogen and oxygen atoms in total. The van der Waals surface area contributed by atoms with E-state index >= 15 is 0 Å². The summed E-state index contributed by atoms with van der Waals surface area (Å²) in [5, 5.41) is 20.5. The van der Waals surface area contributed by atoms with Crippen LogP contribution >= 0.6 is 0 Å². The second kappa shape index (κ2) is 6.18. The number of aliphatic hydroxyl groups is 1. The number of hydrogen-bond acceptors (Lipinski definition) is 3. The molecular formula is C18H27NO2. The minimum Gasteiger partial charge on any atom is -0.507 e. The molecule has 0 unspecified atom stereocenters. The molecular weight excluding hydrogens is 262 g/mol. The van der Waals surface area contributed by atoms with Crippen molar-refractivity contribution < 1.29 is 10.2 Å². The summed E-state index contributed by atoms with van der Waals surface area (Å²) in [5.41, 5.74) is 2.69. The molecule has 2 N–H and O–H groups in total. The van der Waals surface area contributed by atoms with Crippen molar-refractivity contribution in [2.24, 2.45) is 4.99 Å². The van der Waals surface area contributed by atoms with Crippen molar-refractivity contribution in [2.75, 3.05) is 0 Å². The summed E-state index contributed by atoms with van der Waals surface area (Å²) >= 11 is 0. The van der Waals surface area contributed by atoms with Crippen LogP contribution in [0.25, 0.3) is 0 Å². The highest BCUT2D eigenvalue weighted by molar-refractivity contribution is 5.85. The van der Waals surface area contributed by atoms with Gasteiger partial charge in [-0.3, -0.25) is 4.99 Å². The lowest BCUT2D eigenvalue weighted by Crippen LogP contribution is -2.28. The van der Waals surface area contributed by atoms with E-state index in [4.69, 9.17) is 0 Å². The first-order valence-electron chi connectivity index (χ1n) is 7.84. The predicted molar refractivity (Wildman–Crippen MR) is 87.4 cm³/mol. The number of rotatable bonds is 2. The standard InChI is InChI=1S/C18H27NO2/c1-12-9-13(17(21)14(10-12)18(2,3)4)11-19-15-7-5-6-8-16(15)20/h9-11,15-16,20-21H,5-8H2,1-4H3/t15-,16-/m0/s1. The molecule has 0 radical (unpaired) electrons. The SMILES string of the molecule is Cc1cc(C=N[C@H]2CCCC[C@@H]2O)c(O)c(C(C)(C)C)c1. The number of aromatic hydroxyl groups is 1. The van der Waals surface area contributed by atoms with Crippen LogP contribution in [0, 0.1) is 6.92 Å². The number of nitrogens with zero attached hydrogens (tertiary/aromatic N) is 1. The van der Waals surface area contributed by atoms with E-state index in [1.165, 1.54) is 0 Å². The van der Waals surface area contributed by atoms with E-state index in [1.807, 2.05) is 19.1 Å². The minimum absolute atomic E-state index is 0.0308. The van der Waals surface area contributed by atoms with E-state index in [9.17, 15) is 10.2 Å². The van der Waals surface area contributed by atoms with Gasteiger partial charge < -0.3 is 10.2 Å². The minimum atomic E-state index is -0.343. The fourth-order valence-electron chi connectivity index (χ4n) is 2.92. The van der Waals surface area contributed by atoms with Gasteiger partial charge in [-0.05, 0) is 36.8 Å². The Balaban J connectivity index is 2.29. The third-order valence-corrected chi connectivity index (χ3v) is 4.19. The molecule has 1 aromatic carbocycles.